The molecule has 2 aromatic carbocycles. The third-order valence-electron chi connectivity index (χ3n) is 3.58. The molecule has 0 atom stereocenters. The molecule has 0 spiro atoms. The van der Waals surface area contributed by atoms with Gasteiger partial charge in [0, 0.05) is 0 Å². The number of hydrogen-bond donors (Lipinski definition) is 1. The smallest absolute Gasteiger partial charge is 0.388 e. The molecule has 0 bridgehead atoms. The molecule has 0 aliphatic carbocycles. The van der Waals surface area contributed by atoms with Crippen LogP contribution in [-0.2, 0) is 0 Å². The SMILES string of the molecule is O=C(Oc1ncnc2[nH]cnc12)N(c1ccccc1)c1ccccc1. The van der Waals surface area contributed by atoms with Crippen molar-refractivity contribution in [1.29, 1.82) is 0 Å². The molecule has 0 saturated heterocycles. The Morgan fingerprint density at radius 2 is 1.52 bits per heavy atom. The highest BCUT2D eigenvalue weighted by atomic mass is 16.6. The van der Waals surface area contributed by atoms with Crippen LogP contribution in [0.1, 0.15) is 0 Å². The molecular weight excluding hydrogens is 318 g/mol. The molecule has 0 saturated carbocycles. The zero-order chi connectivity index (χ0) is 17.1. The van der Waals surface area contributed by atoms with Crippen LogP contribution in [0.5, 0.6) is 5.88 Å². The molecule has 122 valence electrons. The Morgan fingerprint density at radius 3 is 2.16 bits per heavy atom. The van der Waals surface area contributed by atoms with E-state index in [0.717, 1.165) is 0 Å². The summed E-state index contributed by atoms with van der Waals surface area (Å²) in [7, 11) is 0. The van der Waals surface area contributed by atoms with E-state index in [0.29, 0.717) is 22.5 Å². The van der Waals surface area contributed by atoms with Crippen molar-refractivity contribution in [2.24, 2.45) is 0 Å². The van der Waals surface area contributed by atoms with Gasteiger partial charge < -0.3 is 9.72 Å². The summed E-state index contributed by atoms with van der Waals surface area (Å²) in [5.74, 6) is 0.105. The van der Waals surface area contributed by atoms with Crippen LogP contribution >= 0.6 is 0 Å². The van der Waals surface area contributed by atoms with Gasteiger partial charge >= 0.3 is 6.09 Å². The third kappa shape index (κ3) is 2.90. The summed E-state index contributed by atoms with van der Waals surface area (Å²) < 4.78 is 5.51. The largest absolute Gasteiger partial charge is 0.425 e. The first-order chi connectivity index (χ1) is 12.3. The molecule has 2 aromatic heterocycles. The first kappa shape index (κ1) is 14.8. The lowest BCUT2D eigenvalue weighted by Crippen LogP contribution is -2.29. The molecule has 2 heterocycles. The number of carbonyl (C=O) groups is 1. The zero-order valence-electron chi connectivity index (χ0n) is 13.0. The van der Waals surface area contributed by atoms with Crippen molar-refractivity contribution in [2.75, 3.05) is 4.90 Å². The Kier molecular flexibility index (Phi) is 3.80. The van der Waals surface area contributed by atoms with Gasteiger partial charge in [-0.05, 0) is 24.3 Å². The fraction of sp³-hybridized carbons (Fsp3) is 0. The minimum atomic E-state index is -0.583. The van der Waals surface area contributed by atoms with Crippen LogP contribution in [-0.4, -0.2) is 26.0 Å². The summed E-state index contributed by atoms with van der Waals surface area (Å²) in [4.78, 5) is 29.4. The molecule has 1 amide bonds. The highest BCUT2D eigenvalue weighted by Crippen LogP contribution is 2.27. The highest BCUT2D eigenvalue weighted by molar-refractivity contribution is 5.97. The van der Waals surface area contributed by atoms with E-state index in [9.17, 15) is 4.79 Å². The Hall–Kier alpha value is -3.74. The van der Waals surface area contributed by atoms with Gasteiger partial charge in [-0.3, -0.25) is 0 Å². The maximum Gasteiger partial charge on any atom is 0.425 e. The van der Waals surface area contributed by atoms with Gasteiger partial charge in [0.2, 0.25) is 0 Å². The van der Waals surface area contributed by atoms with E-state index in [1.807, 2.05) is 60.7 Å². The summed E-state index contributed by atoms with van der Waals surface area (Å²) in [5, 5.41) is 0. The number of fused-ring (bicyclic) bond motifs is 1. The number of aromatic amines is 1. The zero-order valence-corrected chi connectivity index (χ0v) is 13.0. The molecule has 1 N–H and O–H groups in total. The van der Waals surface area contributed by atoms with E-state index in [-0.39, 0.29) is 5.88 Å². The van der Waals surface area contributed by atoms with Gasteiger partial charge in [0.15, 0.2) is 11.2 Å². The first-order valence-corrected chi connectivity index (χ1v) is 7.59. The highest BCUT2D eigenvalue weighted by Gasteiger charge is 2.22. The molecule has 25 heavy (non-hydrogen) atoms. The summed E-state index contributed by atoms with van der Waals surface area (Å²) >= 11 is 0. The van der Waals surface area contributed by atoms with Gasteiger partial charge in [0.25, 0.3) is 5.88 Å². The number of H-pyrrole nitrogens is 1. The van der Waals surface area contributed by atoms with E-state index in [2.05, 4.69) is 19.9 Å². The monoisotopic (exact) mass is 331 g/mol. The Bertz CT molecular complexity index is 962. The van der Waals surface area contributed by atoms with Crippen molar-refractivity contribution >= 4 is 28.6 Å². The Labute approximate surface area is 142 Å². The van der Waals surface area contributed by atoms with Gasteiger partial charge in [-0.25, -0.2) is 19.7 Å². The molecule has 0 aliphatic rings. The average Bonchev–Trinajstić information content (AvgIpc) is 3.14. The number of benzene rings is 2. The molecule has 0 fully saturated rings. The molecule has 7 heteroatoms. The van der Waals surface area contributed by atoms with Crippen LogP contribution in [0, 0.1) is 0 Å². The van der Waals surface area contributed by atoms with Gasteiger partial charge in [0.05, 0.1) is 17.7 Å². The summed E-state index contributed by atoms with van der Waals surface area (Å²) in [5.41, 5.74) is 2.28. The molecule has 7 nitrogen and oxygen atoms in total. The van der Waals surface area contributed by atoms with Crippen molar-refractivity contribution in [3.05, 3.63) is 73.3 Å². The summed E-state index contributed by atoms with van der Waals surface area (Å²) in [6, 6.07) is 18.5. The van der Waals surface area contributed by atoms with Gasteiger partial charge in [-0.15, -0.1) is 0 Å². The third-order valence-corrected chi connectivity index (χ3v) is 3.58. The number of aromatic nitrogens is 4. The topological polar surface area (TPSA) is 84.0 Å². The fourth-order valence-corrected chi connectivity index (χ4v) is 2.46. The molecule has 0 aliphatic heterocycles. The van der Waals surface area contributed by atoms with E-state index < -0.39 is 6.09 Å². The van der Waals surface area contributed by atoms with Crippen LogP contribution in [0.3, 0.4) is 0 Å². The Balaban J connectivity index is 1.72. The lowest BCUT2D eigenvalue weighted by molar-refractivity contribution is 0.209. The number of anilines is 2. The number of rotatable bonds is 3. The predicted molar refractivity (Wildman–Crippen MR) is 92.7 cm³/mol. The van der Waals surface area contributed by atoms with E-state index in [1.165, 1.54) is 17.6 Å². The average molecular weight is 331 g/mol. The minimum absolute atomic E-state index is 0.105. The number of ether oxygens (including phenoxy) is 1. The first-order valence-electron chi connectivity index (χ1n) is 7.59. The van der Waals surface area contributed by atoms with Crippen molar-refractivity contribution in [2.45, 2.75) is 0 Å². The van der Waals surface area contributed by atoms with Gasteiger partial charge in [-0.1, -0.05) is 36.4 Å². The van der Waals surface area contributed by atoms with Gasteiger partial charge in [0.1, 0.15) is 6.33 Å². The fourth-order valence-electron chi connectivity index (χ4n) is 2.46. The van der Waals surface area contributed by atoms with Crippen LogP contribution in [0.4, 0.5) is 16.2 Å². The number of carbonyl (C=O) groups excluding carboxylic acids is 1. The molecule has 0 radical (unpaired) electrons. The summed E-state index contributed by atoms with van der Waals surface area (Å²) in [6.45, 7) is 0. The molecule has 4 aromatic rings. The van der Waals surface area contributed by atoms with Crippen molar-refractivity contribution in [3.8, 4) is 5.88 Å². The predicted octanol–water partition coefficient (Wildman–Crippen LogP) is 3.69. The molecular formula is C18H13N5O2. The second-order valence-corrected chi connectivity index (χ2v) is 5.15. The summed E-state index contributed by atoms with van der Waals surface area (Å²) in [6.07, 6.45) is 2.21. The lowest BCUT2D eigenvalue weighted by Gasteiger charge is -2.21. The Morgan fingerprint density at radius 1 is 0.880 bits per heavy atom. The molecule has 4 rings (SSSR count). The second-order valence-electron chi connectivity index (χ2n) is 5.15. The number of nitrogens with zero attached hydrogens (tertiary/aromatic N) is 4. The van der Waals surface area contributed by atoms with Crippen LogP contribution in [0.2, 0.25) is 0 Å². The second kappa shape index (κ2) is 6.40. The number of amides is 1. The van der Waals surface area contributed by atoms with Crippen LogP contribution in [0.15, 0.2) is 73.3 Å². The lowest BCUT2D eigenvalue weighted by atomic mass is 10.2. The standard InChI is InChI=1S/C18H13N5O2/c24-18(25-17-15-16(20-11-19-15)21-12-22-17)23(13-7-3-1-4-8-13)14-9-5-2-6-10-14/h1-12H,(H,19,20,21,22). The maximum absolute atomic E-state index is 12.9. The van der Waals surface area contributed by atoms with Crippen molar-refractivity contribution in [1.82, 2.24) is 19.9 Å². The van der Waals surface area contributed by atoms with E-state index in [1.54, 1.807) is 0 Å². The number of para-hydroxylation sites is 2. The van der Waals surface area contributed by atoms with E-state index in [4.69, 9.17) is 4.74 Å². The van der Waals surface area contributed by atoms with Gasteiger partial charge in [-0.2, -0.15) is 4.98 Å². The van der Waals surface area contributed by atoms with Crippen molar-refractivity contribution in [3.63, 3.8) is 0 Å². The number of nitrogens with one attached hydrogen (secondary N) is 1. The van der Waals surface area contributed by atoms with E-state index >= 15 is 0 Å². The number of imidazole rings is 1. The normalized spacial score (nSPS) is 10.6. The molecule has 0 unspecified atom stereocenters. The minimum Gasteiger partial charge on any atom is -0.388 e. The van der Waals surface area contributed by atoms with Crippen LogP contribution in [0.25, 0.3) is 11.2 Å². The van der Waals surface area contributed by atoms with Crippen molar-refractivity contribution < 1.29 is 9.53 Å². The quantitative estimate of drug-likeness (QED) is 0.619. The van der Waals surface area contributed by atoms with Crippen LogP contribution < -0.4 is 9.64 Å². The number of hydrogen-bond acceptors (Lipinski definition) is 5. The maximum atomic E-state index is 12.9.